The molecule has 0 unspecified atom stereocenters. The lowest BCUT2D eigenvalue weighted by Crippen LogP contribution is -2.47. The lowest BCUT2D eigenvalue weighted by atomic mass is 10.0. The zero-order valence-electron chi connectivity index (χ0n) is 10.7. The number of halogens is 3. The van der Waals surface area contributed by atoms with Gasteiger partial charge in [-0.05, 0) is 18.2 Å². The summed E-state index contributed by atoms with van der Waals surface area (Å²) in [7, 11) is 1.51. The van der Waals surface area contributed by atoms with E-state index in [9.17, 15) is 8.78 Å². The Bertz CT molecular complexity index is 425. The largest absolute Gasteiger partial charge is 0.496 e. The normalized spacial score (nSPS) is 18.6. The van der Waals surface area contributed by atoms with Crippen molar-refractivity contribution in [1.29, 1.82) is 0 Å². The number of hydrogen-bond donors (Lipinski definition) is 1. The van der Waals surface area contributed by atoms with Crippen molar-refractivity contribution >= 4 is 15.9 Å². The minimum absolute atomic E-state index is 0.507. The van der Waals surface area contributed by atoms with Gasteiger partial charge in [0.1, 0.15) is 11.8 Å². The smallest absolute Gasteiger partial charge is 0.258 e. The van der Waals surface area contributed by atoms with Gasteiger partial charge in [-0.2, -0.15) is 0 Å². The Morgan fingerprint density at radius 3 is 2.58 bits per heavy atom. The highest BCUT2D eigenvalue weighted by Gasteiger charge is 2.32. The summed E-state index contributed by atoms with van der Waals surface area (Å²) >= 11 is 3.34. The van der Waals surface area contributed by atoms with Gasteiger partial charge in [0.25, 0.3) is 6.43 Å². The van der Waals surface area contributed by atoms with Crippen molar-refractivity contribution < 1.29 is 13.5 Å². The summed E-state index contributed by atoms with van der Waals surface area (Å²) in [5.41, 5.74) is 0.536. The van der Waals surface area contributed by atoms with Crippen LogP contribution in [0.1, 0.15) is 11.6 Å². The second-order valence-corrected chi connectivity index (χ2v) is 5.37. The molecule has 2 rings (SSSR count). The van der Waals surface area contributed by atoms with Gasteiger partial charge in [0.2, 0.25) is 0 Å². The first-order valence-corrected chi connectivity index (χ1v) is 6.99. The third kappa shape index (κ3) is 3.43. The van der Waals surface area contributed by atoms with Crippen LogP contribution in [0.4, 0.5) is 8.78 Å². The van der Waals surface area contributed by atoms with E-state index in [1.807, 2.05) is 4.90 Å². The lowest BCUT2D eigenvalue weighted by Gasteiger charge is -2.35. The molecule has 1 saturated heterocycles. The maximum atomic E-state index is 13.5. The van der Waals surface area contributed by atoms with Gasteiger partial charge < -0.3 is 10.1 Å². The molecule has 1 aliphatic heterocycles. The molecule has 0 amide bonds. The second-order valence-electron chi connectivity index (χ2n) is 4.45. The fourth-order valence-corrected chi connectivity index (χ4v) is 2.77. The van der Waals surface area contributed by atoms with Crippen LogP contribution in [-0.2, 0) is 0 Å². The molecule has 0 radical (unpaired) electrons. The van der Waals surface area contributed by atoms with Crippen LogP contribution in [0.15, 0.2) is 22.7 Å². The summed E-state index contributed by atoms with van der Waals surface area (Å²) in [4.78, 5) is 1.81. The van der Waals surface area contributed by atoms with Crippen LogP contribution in [-0.4, -0.2) is 44.6 Å². The molecule has 1 atom stereocenters. The van der Waals surface area contributed by atoms with Crippen LogP contribution in [0.2, 0.25) is 0 Å². The van der Waals surface area contributed by atoms with Crippen molar-refractivity contribution in [3.63, 3.8) is 0 Å². The highest BCUT2D eigenvalue weighted by atomic mass is 79.9. The Morgan fingerprint density at radius 1 is 1.32 bits per heavy atom. The number of benzene rings is 1. The summed E-state index contributed by atoms with van der Waals surface area (Å²) in [6.45, 7) is 2.70. The van der Waals surface area contributed by atoms with Crippen LogP contribution < -0.4 is 10.1 Å². The molecule has 1 aromatic rings. The van der Waals surface area contributed by atoms with E-state index in [-0.39, 0.29) is 0 Å². The van der Waals surface area contributed by atoms with Gasteiger partial charge >= 0.3 is 0 Å². The van der Waals surface area contributed by atoms with E-state index < -0.39 is 12.5 Å². The number of nitrogens with zero attached hydrogens (tertiary/aromatic N) is 1. The highest BCUT2D eigenvalue weighted by molar-refractivity contribution is 9.10. The molecule has 0 aliphatic carbocycles. The maximum Gasteiger partial charge on any atom is 0.258 e. The first-order valence-electron chi connectivity index (χ1n) is 6.20. The Balaban J connectivity index is 2.34. The molecular weight excluding hydrogens is 318 g/mol. The Kier molecular flexibility index (Phi) is 5.13. The van der Waals surface area contributed by atoms with E-state index in [1.54, 1.807) is 18.2 Å². The molecule has 1 heterocycles. The van der Waals surface area contributed by atoms with Crippen molar-refractivity contribution in [3.8, 4) is 5.75 Å². The standard InChI is InChI=1S/C13H17BrF2N2O/c1-19-11-3-2-9(14)8-10(11)12(13(15)16)18-6-4-17-5-7-18/h2-3,8,12-13,17H,4-7H2,1H3/t12-/m1/s1. The van der Waals surface area contributed by atoms with Crippen LogP contribution >= 0.6 is 15.9 Å². The van der Waals surface area contributed by atoms with Crippen molar-refractivity contribution in [3.05, 3.63) is 28.2 Å². The number of piperazine rings is 1. The van der Waals surface area contributed by atoms with Crippen LogP contribution in [0, 0.1) is 0 Å². The molecule has 1 aromatic carbocycles. The number of methoxy groups -OCH3 is 1. The van der Waals surface area contributed by atoms with Crippen molar-refractivity contribution in [2.24, 2.45) is 0 Å². The quantitative estimate of drug-likeness (QED) is 0.916. The fourth-order valence-electron chi connectivity index (χ4n) is 2.39. The zero-order valence-corrected chi connectivity index (χ0v) is 12.3. The minimum Gasteiger partial charge on any atom is -0.496 e. The fraction of sp³-hybridized carbons (Fsp3) is 0.538. The number of ether oxygens (including phenoxy) is 1. The molecule has 3 nitrogen and oxygen atoms in total. The summed E-state index contributed by atoms with van der Waals surface area (Å²) in [6, 6.07) is 4.31. The Hall–Kier alpha value is -0.720. The van der Waals surface area contributed by atoms with Crippen molar-refractivity contribution in [2.75, 3.05) is 33.3 Å². The molecule has 6 heteroatoms. The molecule has 0 saturated carbocycles. The molecule has 1 aliphatic rings. The van der Waals surface area contributed by atoms with E-state index >= 15 is 0 Å². The van der Waals surface area contributed by atoms with E-state index in [0.29, 0.717) is 24.4 Å². The average Bonchev–Trinajstić information content (AvgIpc) is 2.40. The number of rotatable bonds is 4. The van der Waals surface area contributed by atoms with Crippen LogP contribution in [0.3, 0.4) is 0 Å². The predicted molar refractivity (Wildman–Crippen MR) is 73.9 cm³/mol. The molecular formula is C13H17BrF2N2O. The van der Waals surface area contributed by atoms with Gasteiger partial charge in [-0.15, -0.1) is 0 Å². The molecule has 1 N–H and O–H groups in total. The molecule has 0 spiro atoms. The molecule has 1 fully saturated rings. The molecule has 0 aromatic heterocycles. The first-order chi connectivity index (χ1) is 9.13. The van der Waals surface area contributed by atoms with Gasteiger partial charge in [-0.1, -0.05) is 15.9 Å². The summed E-state index contributed by atoms with van der Waals surface area (Å²) in [5, 5.41) is 3.17. The van der Waals surface area contributed by atoms with Gasteiger partial charge in [-0.3, -0.25) is 4.90 Å². The molecule has 19 heavy (non-hydrogen) atoms. The van der Waals surface area contributed by atoms with E-state index in [0.717, 1.165) is 17.6 Å². The van der Waals surface area contributed by atoms with Crippen molar-refractivity contribution in [2.45, 2.75) is 12.5 Å². The van der Waals surface area contributed by atoms with Gasteiger partial charge in [0.05, 0.1) is 7.11 Å². The van der Waals surface area contributed by atoms with E-state index in [4.69, 9.17) is 4.74 Å². The first kappa shape index (κ1) is 14.7. The molecule has 106 valence electrons. The third-order valence-corrected chi connectivity index (χ3v) is 3.79. The number of nitrogens with one attached hydrogen (secondary N) is 1. The monoisotopic (exact) mass is 334 g/mol. The summed E-state index contributed by atoms with van der Waals surface area (Å²) < 4.78 is 33.0. The van der Waals surface area contributed by atoms with Crippen molar-refractivity contribution in [1.82, 2.24) is 10.2 Å². The lowest BCUT2D eigenvalue weighted by molar-refractivity contribution is 0.0170. The third-order valence-electron chi connectivity index (χ3n) is 3.29. The van der Waals surface area contributed by atoms with Crippen LogP contribution in [0.25, 0.3) is 0 Å². The van der Waals surface area contributed by atoms with Gasteiger partial charge in [-0.25, -0.2) is 8.78 Å². The highest BCUT2D eigenvalue weighted by Crippen LogP contribution is 2.35. The Labute approximate surface area is 120 Å². The summed E-state index contributed by atoms with van der Waals surface area (Å²) in [5.74, 6) is 0.507. The number of alkyl halides is 2. The minimum atomic E-state index is -2.44. The van der Waals surface area contributed by atoms with E-state index in [2.05, 4.69) is 21.2 Å². The summed E-state index contributed by atoms with van der Waals surface area (Å²) in [6.07, 6.45) is -2.44. The predicted octanol–water partition coefficient (Wildman–Crippen LogP) is 2.67. The SMILES string of the molecule is COc1ccc(Br)cc1[C@H](C(F)F)N1CCNCC1. The average molecular weight is 335 g/mol. The number of hydrogen-bond acceptors (Lipinski definition) is 3. The Morgan fingerprint density at radius 2 is 2.00 bits per heavy atom. The molecule has 0 bridgehead atoms. The van der Waals surface area contributed by atoms with Gasteiger partial charge in [0.15, 0.2) is 0 Å². The second kappa shape index (κ2) is 6.63. The maximum absolute atomic E-state index is 13.5. The zero-order chi connectivity index (χ0) is 13.8. The topological polar surface area (TPSA) is 24.5 Å². The van der Waals surface area contributed by atoms with E-state index in [1.165, 1.54) is 7.11 Å². The van der Waals surface area contributed by atoms with Gasteiger partial charge in [0, 0.05) is 36.2 Å². The van der Waals surface area contributed by atoms with Crippen LogP contribution in [0.5, 0.6) is 5.75 Å².